The summed E-state index contributed by atoms with van der Waals surface area (Å²) in [5.41, 5.74) is 10.5. The van der Waals surface area contributed by atoms with Crippen molar-refractivity contribution in [3.8, 4) is 21.9 Å². The standard InChI is InChI=1S/C41H44FN11O5S/c1-24-37(27-16-35(38(43)45-19-27)58-25(2)32-17-28(42)4-8-34(32)53-46-10-11-47-53)59-41(48-24)50-14-12-49(13-15-50)20-26-21-51(22-26)29-5-7-31-33(18-29)40(57)52(39(31)56)30(23-54)6-9-36(55)44-3/h4-5,7-8,10-11,16-19,23,25-26,30H,6,9,12-15,20-22H2,1-3H3,(H2,43,45)(H,44,55). The van der Waals surface area contributed by atoms with Crippen LogP contribution in [-0.4, -0.2) is 118 Å². The van der Waals surface area contributed by atoms with Gasteiger partial charge in [-0.2, -0.15) is 15.0 Å². The highest BCUT2D eigenvalue weighted by atomic mass is 32.1. The van der Waals surface area contributed by atoms with Crippen LogP contribution < -0.4 is 25.6 Å². The van der Waals surface area contributed by atoms with Gasteiger partial charge in [0.2, 0.25) is 5.91 Å². The Hall–Kier alpha value is -6.27. The van der Waals surface area contributed by atoms with Crippen LogP contribution in [0.3, 0.4) is 0 Å². The van der Waals surface area contributed by atoms with E-state index in [9.17, 15) is 23.6 Å². The fourth-order valence-electron chi connectivity index (χ4n) is 7.88. The number of nitrogens with zero attached hydrogens (tertiary/aromatic N) is 9. The number of nitrogen functional groups attached to an aromatic ring is 1. The number of thiazole rings is 1. The van der Waals surface area contributed by atoms with Crippen molar-refractivity contribution in [3.63, 3.8) is 0 Å². The van der Waals surface area contributed by atoms with Gasteiger partial charge in [-0.05, 0) is 62.7 Å². The van der Waals surface area contributed by atoms with Gasteiger partial charge < -0.3 is 30.4 Å². The van der Waals surface area contributed by atoms with Crippen molar-refractivity contribution in [2.45, 2.75) is 38.8 Å². The van der Waals surface area contributed by atoms with Crippen LogP contribution in [0, 0.1) is 18.7 Å². The number of halogens is 1. The van der Waals surface area contributed by atoms with E-state index in [4.69, 9.17) is 15.5 Å². The number of carbonyl (C=O) groups excluding carboxylic acids is 4. The highest BCUT2D eigenvalue weighted by Crippen LogP contribution is 2.39. The summed E-state index contributed by atoms with van der Waals surface area (Å²) < 4.78 is 20.6. The Morgan fingerprint density at radius 3 is 2.51 bits per heavy atom. The highest BCUT2D eigenvalue weighted by molar-refractivity contribution is 7.19. The maximum atomic E-state index is 14.4. The smallest absolute Gasteiger partial charge is 0.262 e. The zero-order valence-electron chi connectivity index (χ0n) is 32.9. The molecule has 2 unspecified atom stereocenters. The van der Waals surface area contributed by atoms with Gasteiger partial charge in [0, 0.05) is 88.2 Å². The Morgan fingerprint density at radius 1 is 1.03 bits per heavy atom. The molecule has 59 heavy (non-hydrogen) atoms. The van der Waals surface area contributed by atoms with E-state index >= 15 is 0 Å². The van der Waals surface area contributed by atoms with E-state index in [-0.39, 0.29) is 35.7 Å². The van der Waals surface area contributed by atoms with E-state index in [1.54, 1.807) is 48.1 Å². The number of rotatable bonds is 14. The maximum absolute atomic E-state index is 14.4. The predicted molar refractivity (Wildman–Crippen MR) is 219 cm³/mol. The zero-order valence-corrected chi connectivity index (χ0v) is 33.7. The number of ether oxygens (including phenoxy) is 1. The summed E-state index contributed by atoms with van der Waals surface area (Å²) in [6.45, 7) is 9.84. The number of piperazine rings is 1. The largest absolute Gasteiger partial charge is 0.482 e. The van der Waals surface area contributed by atoms with Crippen LogP contribution >= 0.6 is 11.3 Å². The molecule has 2 aromatic carbocycles. The number of anilines is 3. The van der Waals surface area contributed by atoms with E-state index in [2.05, 4.69) is 35.2 Å². The SMILES string of the molecule is CNC(=O)CCC(C=O)N1C(=O)c2ccc(N3CC(CN4CCN(c5nc(C)c(-c6cnc(N)c(OC(C)c7cc(F)ccc7-n7nccn7)c6)s5)CC4)C3)cc2C1=O. The molecule has 5 aromatic rings. The van der Waals surface area contributed by atoms with Gasteiger partial charge in [-0.25, -0.2) is 14.4 Å². The molecule has 16 nitrogen and oxygen atoms in total. The maximum Gasteiger partial charge on any atom is 0.262 e. The number of amides is 3. The number of benzene rings is 2. The van der Waals surface area contributed by atoms with Gasteiger partial charge in [-0.1, -0.05) is 11.3 Å². The number of aryl methyl sites for hydroxylation is 1. The lowest BCUT2D eigenvalue weighted by Crippen LogP contribution is -2.55. The summed E-state index contributed by atoms with van der Waals surface area (Å²) in [6.07, 6.45) is 4.89. The van der Waals surface area contributed by atoms with Gasteiger partial charge in [0.05, 0.1) is 45.8 Å². The summed E-state index contributed by atoms with van der Waals surface area (Å²) in [5.74, 6) is -0.638. The first kappa shape index (κ1) is 39.6. The predicted octanol–water partition coefficient (Wildman–Crippen LogP) is 3.90. The minimum absolute atomic E-state index is 0.0319. The minimum Gasteiger partial charge on any atom is -0.482 e. The number of fused-ring (bicyclic) bond motifs is 1. The third-order valence-corrected chi connectivity index (χ3v) is 12.4. The Kier molecular flexibility index (Phi) is 11.1. The Labute approximate surface area is 343 Å². The highest BCUT2D eigenvalue weighted by Gasteiger charge is 2.41. The minimum atomic E-state index is -1.00. The number of imide groups is 1. The number of hydrogen-bond acceptors (Lipinski definition) is 14. The first-order valence-electron chi connectivity index (χ1n) is 19.5. The van der Waals surface area contributed by atoms with Gasteiger partial charge in [0.25, 0.3) is 11.8 Å². The number of carbonyl (C=O) groups is 4. The molecule has 0 saturated carbocycles. The monoisotopic (exact) mass is 821 g/mol. The fraction of sp³-hybridized carbons (Fsp3) is 0.366. The van der Waals surface area contributed by atoms with Crippen LogP contribution in [0.4, 0.5) is 21.0 Å². The molecule has 306 valence electrons. The van der Waals surface area contributed by atoms with E-state index in [0.717, 1.165) is 77.7 Å². The Balaban J connectivity index is 0.849. The van der Waals surface area contributed by atoms with E-state index in [0.29, 0.717) is 29.2 Å². The summed E-state index contributed by atoms with van der Waals surface area (Å²) in [5, 5.41) is 11.8. The third kappa shape index (κ3) is 7.97. The van der Waals surface area contributed by atoms with E-state index in [1.807, 2.05) is 26.0 Å². The van der Waals surface area contributed by atoms with Crippen LogP contribution in [0.25, 0.3) is 16.1 Å². The number of aldehydes is 1. The molecule has 0 spiro atoms. The first-order chi connectivity index (χ1) is 28.5. The molecule has 8 rings (SSSR count). The molecule has 2 fully saturated rings. The van der Waals surface area contributed by atoms with Gasteiger partial charge in [-0.3, -0.25) is 24.2 Å². The second kappa shape index (κ2) is 16.5. The van der Waals surface area contributed by atoms with Gasteiger partial charge in [-0.15, -0.1) is 0 Å². The molecule has 3 N–H and O–H groups in total. The summed E-state index contributed by atoms with van der Waals surface area (Å²) in [6, 6.07) is 10.5. The fourth-order valence-corrected chi connectivity index (χ4v) is 8.98. The Bertz CT molecular complexity index is 2390. The van der Waals surface area contributed by atoms with Crippen molar-refractivity contribution in [1.29, 1.82) is 0 Å². The average molecular weight is 822 g/mol. The number of nitrogens with one attached hydrogen (secondary N) is 1. The molecule has 3 amide bonds. The van der Waals surface area contributed by atoms with Gasteiger partial charge in [0.1, 0.15) is 18.2 Å². The van der Waals surface area contributed by atoms with Crippen molar-refractivity contribution in [3.05, 3.63) is 89.3 Å². The molecule has 3 aliphatic heterocycles. The van der Waals surface area contributed by atoms with Crippen molar-refractivity contribution in [1.82, 2.24) is 40.1 Å². The lowest BCUT2D eigenvalue weighted by Gasteiger charge is -2.44. The van der Waals surface area contributed by atoms with Gasteiger partial charge in [0.15, 0.2) is 16.7 Å². The van der Waals surface area contributed by atoms with Crippen molar-refractivity contribution in [2.75, 3.05) is 68.4 Å². The van der Waals surface area contributed by atoms with E-state index in [1.165, 1.54) is 24.0 Å². The second-order valence-corrected chi connectivity index (χ2v) is 16.0. The van der Waals surface area contributed by atoms with Crippen molar-refractivity contribution >= 4 is 52.0 Å². The zero-order chi connectivity index (χ0) is 41.4. The molecule has 18 heteroatoms. The molecule has 2 saturated heterocycles. The van der Waals surface area contributed by atoms with Crippen LogP contribution in [0.15, 0.2) is 61.1 Å². The normalized spacial score (nSPS) is 16.8. The first-order valence-corrected chi connectivity index (χ1v) is 20.3. The number of hydrogen-bond donors (Lipinski definition) is 2. The molecular formula is C41H44FN11O5S. The Morgan fingerprint density at radius 2 is 1.78 bits per heavy atom. The van der Waals surface area contributed by atoms with Gasteiger partial charge >= 0.3 is 0 Å². The molecule has 0 aliphatic carbocycles. The molecule has 3 aromatic heterocycles. The van der Waals surface area contributed by atoms with Crippen molar-refractivity contribution < 1.29 is 28.3 Å². The molecule has 6 heterocycles. The van der Waals surface area contributed by atoms with E-state index < -0.39 is 29.8 Å². The summed E-state index contributed by atoms with van der Waals surface area (Å²) >= 11 is 1.60. The number of pyridine rings is 1. The number of nitrogens with two attached hydrogens (primary N) is 1. The molecule has 2 atom stereocenters. The summed E-state index contributed by atoms with van der Waals surface area (Å²) in [7, 11) is 1.50. The third-order valence-electron chi connectivity index (χ3n) is 11.1. The van der Waals surface area contributed by atoms with Crippen LogP contribution in [-0.2, 0) is 9.59 Å². The van der Waals surface area contributed by atoms with Crippen LogP contribution in [0.5, 0.6) is 5.75 Å². The lowest BCUT2D eigenvalue weighted by molar-refractivity contribution is -0.121. The number of aromatic nitrogens is 5. The van der Waals surface area contributed by atoms with Crippen LogP contribution in [0.1, 0.15) is 57.8 Å². The molecule has 3 aliphatic rings. The topological polar surface area (TPSA) is 185 Å². The quantitative estimate of drug-likeness (QED) is 0.122. The molecule has 0 bridgehead atoms. The summed E-state index contributed by atoms with van der Waals surface area (Å²) in [4.78, 5) is 69.7. The average Bonchev–Trinajstić information content (AvgIpc) is 3.96. The van der Waals surface area contributed by atoms with Crippen molar-refractivity contribution in [2.24, 2.45) is 5.92 Å². The lowest BCUT2D eigenvalue weighted by atomic mass is 9.97. The van der Waals surface area contributed by atoms with Crippen LogP contribution in [0.2, 0.25) is 0 Å². The molecular weight excluding hydrogens is 778 g/mol. The second-order valence-electron chi connectivity index (χ2n) is 15.0. The molecule has 0 radical (unpaired) electrons.